The highest BCUT2D eigenvalue weighted by molar-refractivity contribution is 5.31. The number of alkyl halides is 3. The molecule has 0 heterocycles. The molecule has 0 spiro atoms. The topological polar surface area (TPSA) is 26.0 Å². The highest BCUT2D eigenvalue weighted by Gasteiger charge is 2.46. The van der Waals surface area contributed by atoms with Crippen LogP contribution in [0.3, 0.4) is 0 Å². The van der Waals surface area contributed by atoms with Crippen LogP contribution >= 0.6 is 0 Å². The molecule has 0 bridgehead atoms. The average Bonchev–Trinajstić information content (AvgIpc) is 2.23. The van der Waals surface area contributed by atoms with Crippen molar-refractivity contribution in [2.45, 2.75) is 58.7 Å². The van der Waals surface area contributed by atoms with E-state index in [0.717, 1.165) is 37.0 Å². The van der Waals surface area contributed by atoms with Gasteiger partial charge in [0.15, 0.2) is 0 Å². The van der Waals surface area contributed by atoms with E-state index in [1.54, 1.807) is 12.1 Å². The minimum atomic E-state index is -4.30. The quantitative estimate of drug-likeness (QED) is 0.767. The van der Waals surface area contributed by atoms with Gasteiger partial charge in [0, 0.05) is 5.54 Å². The Balaban J connectivity index is 2.35. The van der Waals surface area contributed by atoms with Gasteiger partial charge in [0.2, 0.25) is 0 Å². The molecule has 0 aromatic heterocycles. The fourth-order valence-corrected chi connectivity index (χ4v) is 4.39. The average molecular weight is 299 g/mol. The number of hydrogen-bond donors (Lipinski definition) is 1. The summed E-state index contributed by atoms with van der Waals surface area (Å²) in [7, 11) is 0. The monoisotopic (exact) mass is 299 g/mol. The molecule has 1 nitrogen and oxygen atoms in total. The number of halogens is 3. The first-order chi connectivity index (χ1) is 9.33. The Morgan fingerprint density at radius 2 is 1.29 bits per heavy atom. The molecular formula is C17H24F3N. The molecule has 0 aliphatic heterocycles. The van der Waals surface area contributed by atoms with E-state index in [2.05, 4.69) is 27.7 Å². The number of nitrogens with two attached hydrogens (primary N) is 1. The molecule has 0 radical (unpaired) electrons. The summed E-state index contributed by atoms with van der Waals surface area (Å²) >= 11 is 0. The van der Waals surface area contributed by atoms with Crippen LogP contribution in [0.25, 0.3) is 0 Å². The summed E-state index contributed by atoms with van der Waals surface area (Å²) in [6, 6.07) is 5.36. The Bertz CT molecular complexity index is 496. The van der Waals surface area contributed by atoms with Crippen LogP contribution in [-0.4, -0.2) is 0 Å². The third kappa shape index (κ3) is 3.60. The van der Waals surface area contributed by atoms with Crippen LogP contribution in [-0.2, 0) is 11.7 Å². The molecule has 1 aliphatic carbocycles. The van der Waals surface area contributed by atoms with Gasteiger partial charge in [0.25, 0.3) is 0 Å². The van der Waals surface area contributed by atoms with Gasteiger partial charge in [-0.05, 0) is 47.8 Å². The minimum Gasteiger partial charge on any atom is -0.321 e. The number of rotatable bonds is 1. The molecule has 118 valence electrons. The molecule has 1 aromatic rings. The summed E-state index contributed by atoms with van der Waals surface area (Å²) in [5.41, 5.74) is 6.40. The zero-order chi connectivity index (χ0) is 16.1. The molecule has 1 aliphatic rings. The van der Waals surface area contributed by atoms with Gasteiger partial charge < -0.3 is 5.73 Å². The lowest BCUT2D eigenvalue weighted by atomic mass is 9.57. The first-order valence-electron chi connectivity index (χ1n) is 7.30. The van der Waals surface area contributed by atoms with Crippen molar-refractivity contribution in [3.63, 3.8) is 0 Å². The van der Waals surface area contributed by atoms with Gasteiger partial charge in [0.05, 0.1) is 5.56 Å². The van der Waals surface area contributed by atoms with Crippen LogP contribution in [0.2, 0.25) is 0 Å². The Morgan fingerprint density at radius 1 is 0.857 bits per heavy atom. The molecule has 21 heavy (non-hydrogen) atoms. The van der Waals surface area contributed by atoms with Gasteiger partial charge >= 0.3 is 6.18 Å². The van der Waals surface area contributed by atoms with E-state index in [1.807, 2.05) is 0 Å². The van der Waals surface area contributed by atoms with Crippen LogP contribution in [0.1, 0.15) is 58.1 Å². The largest absolute Gasteiger partial charge is 0.416 e. The van der Waals surface area contributed by atoms with Crippen molar-refractivity contribution >= 4 is 0 Å². The van der Waals surface area contributed by atoms with Crippen molar-refractivity contribution < 1.29 is 13.2 Å². The standard InChI is InChI=1S/C17H24F3N/c1-14(2)9-15(3,4)11-16(21,10-14)12-5-7-13(8-6-12)17(18,19)20/h5-8H,9-11,21H2,1-4H3. The third-order valence-electron chi connectivity index (χ3n) is 4.33. The van der Waals surface area contributed by atoms with E-state index < -0.39 is 17.3 Å². The minimum absolute atomic E-state index is 0.0825. The molecular weight excluding hydrogens is 275 g/mol. The predicted molar refractivity (Wildman–Crippen MR) is 78.7 cm³/mol. The second-order valence-corrected chi connectivity index (χ2v) is 8.09. The molecule has 2 N–H and O–H groups in total. The first-order valence-corrected chi connectivity index (χ1v) is 7.30. The molecule has 0 atom stereocenters. The van der Waals surface area contributed by atoms with Crippen molar-refractivity contribution in [1.29, 1.82) is 0 Å². The van der Waals surface area contributed by atoms with E-state index in [9.17, 15) is 13.2 Å². The zero-order valence-electron chi connectivity index (χ0n) is 13.1. The van der Waals surface area contributed by atoms with Gasteiger partial charge in [-0.1, -0.05) is 39.8 Å². The molecule has 2 rings (SSSR count). The zero-order valence-corrected chi connectivity index (χ0v) is 13.1. The fourth-order valence-electron chi connectivity index (χ4n) is 4.39. The second-order valence-electron chi connectivity index (χ2n) is 8.09. The fraction of sp³-hybridized carbons (Fsp3) is 0.647. The van der Waals surface area contributed by atoms with Crippen molar-refractivity contribution in [3.8, 4) is 0 Å². The number of benzene rings is 1. The lowest BCUT2D eigenvalue weighted by Gasteiger charge is -2.50. The van der Waals surface area contributed by atoms with E-state index >= 15 is 0 Å². The third-order valence-corrected chi connectivity index (χ3v) is 4.33. The molecule has 1 saturated carbocycles. The van der Waals surface area contributed by atoms with Crippen LogP contribution in [0.5, 0.6) is 0 Å². The molecule has 0 amide bonds. The molecule has 0 saturated heterocycles. The number of hydrogen-bond acceptors (Lipinski definition) is 1. The van der Waals surface area contributed by atoms with E-state index in [1.165, 1.54) is 0 Å². The molecule has 1 aromatic carbocycles. The maximum atomic E-state index is 12.7. The summed E-state index contributed by atoms with van der Waals surface area (Å²) in [5, 5.41) is 0. The van der Waals surface area contributed by atoms with E-state index in [0.29, 0.717) is 0 Å². The van der Waals surface area contributed by atoms with E-state index in [4.69, 9.17) is 5.73 Å². The van der Waals surface area contributed by atoms with Crippen molar-refractivity contribution in [3.05, 3.63) is 35.4 Å². The van der Waals surface area contributed by atoms with Gasteiger partial charge in [-0.3, -0.25) is 0 Å². The van der Waals surface area contributed by atoms with Crippen molar-refractivity contribution in [2.24, 2.45) is 16.6 Å². The Kier molecular flexibility index (Phi) is 3.68. The normalized spacial score (nSPS) is 23.8. The highest BCUT2D eigenvalue weighted by Crippen LogP contribution is 2.52. The van der Waals surface area contributed by atoms with Gasteiger partial charge in [-0.2, -0.15) is 13.2 Å². The lowest BCUT2D eigenvalue weighted by molar-refractivity contribution is -0.137. The summed E-state index contributed by atoms with van der Waals surface area (Å²) in [6.07, 6.45) is -1.66. The summed E-state index contributed by atoms with van der Waals surface area (Å²) in [6.45, 7) is 8.72. The van der Waals surface area contributed by atoms with Crippen LogP contribution in [0.15, 0.2) is 24.3 Å². The predicted octanol–water partition coefficient (Wildman–Crippen LogP) is 5.10. The van der Waals surface area contributed by atoms with Gasteiger partial charge in [-0.15, -0.1) is 0 Å². The second kappa shape index (κ2) is 4.73. The first kappa shape index (κ1) is 16.3. The van der Waals surface area contributed by atoms with Crippen LogP contribution < -0.4 is 5.73 Å². The van der Waals surface area contributed by atoms with Crippen molar-refractivity contribution in [2.75, 3.05) is 0 Å². The summed E-state index contributed by atoms with van der Waals surface area (Å²) in [4.78, 5) is 0. The van der Waals surface area contributed by atoms with E-state index in [-0.39, 0.29) is 10.8 Å². The molecule has 1 fully saturated rings. The smallest absolute Gasteiger partial charge is 0.321 e. The van der Waals surface area contributed by atoms with Gasteiger partial charge in [-0.25, -0.2) is 0 Å². The van der Waals surface area contributed by atoms with Gasteiger partial charge in [0.1, 0.15) is 0 Å². The highest BCUT2D eigenvalue weighted by atomic mass is 19.4. The molecule has 0 unspecified atom stereocenters. The molecule has 4 heteroatoms. The Morgan fingerprint density at radius 3 is 1.67 bits per heavy atom. The maximum absolute atomic E-state index is 12.7. The van der Waals surface area contributed by atoms with Crippen LogP contribution in [0.4, 0.5) is 13.2 Å². The Hall–Kier alpha value is -1.03. The summed E-state index contributed by atoms with van der Waals surface area (Å²) in [5.74, 6) is 0. The lowest BCUT2D eigenvalue weighted by Crippen LogP contribution is -2.49. The van der Waals surface area contributed by atoms with Crippen LogP contribution in [0, 0.1) is 10.8 Å². The SMILES string of the molecule is CC1(C)CC(C)(C)CC(N)(c2ccc(C(F)(F)F)cc2)C1. The summed E-state index contributed by atoms with van der Waals surface area (Å²) < 4.78 is 38.0. The maximum Gasteiger partial charge on any atom is 0.416 e. The Labute approximate surface area is 124 Å². The van der Waals surface area contributed by atoms with Crippen molar-refractivity contribution in [1.82, 2.24) is 0 Å².